The van der Waals surface area contributed by atoms with Crippen molar-refractivity contribution in [3.63, 3.8) is 0 Å². The first-order chi connectivity index (χ1) is 6.24. The summed E-state index contributed by atoms with van der Waals surface area (Å²) < 4.78 is 19.4. The van der Waals surface area contributed by atoms with Gasteiger partial charge in [-0.25, -0.2) is 4.21 Å². The van der Waals surface area contributed by atoms with Gasteiger partial charge in [0.2, 0.25) is 0 Å². The highest BCUT2D eigenvalue weighted by atomic mass is 32.2. The van der Waals surface area contributed by atoms with Crippen molar-refractivity contribution >= 4 is 11.1 Å². The van der Waals surface area contributed by atoms with E-state index < -0.39 is 11.1 Å². The average molecular weight is 198 g/mol. The third-order valence-electron chi connectivity index (χ3n) is 2.11. The smallest absolute Gasteiger partial charge is 0.153 e. The van der Waals surface area contributed by atoms with Crippen molar-refractivity contribution < 1.29 is 8.76 Å². The normalized spacial score (nSPS) is 15.2. The van der Waals surface area contributed by atoms with Gasteiger partial charge < -0.3 is 4.55 Å². The second-order valence-electron chi connectivity index (χ2n) is 3.00. The van der Waals surface area contributed by atoms with Crippen LogP contribution >= 0.6 is 0 Å². The molecule has 0 fully saturated rings. The van der Waals surface area contributed by atoms with E-state index in [1.807, 2.05) is 37.3 Å². The molecule has 0 radical (unpaired) electrons. The standard InChI is InChI=1S/C10H14O2S/c1-2-9(8-13(11)12)10-6-4-3-5-7-10/h3-7,9H,2,8H2,1H3,(H,11,12). The molecule has 2 atom stereocenters. The lowest BCUT2D eigenvalue weighted by atomic mass is 9.99. The molecule has 0 bridgehead atoms. The second-order valence-corrected chi connectivity index (χ2v) is 3.98. The summed E-state index contributed by atoms with van der Waals surface area (Å²) in [6.45, 7) is 2.03. The Kier molecular flexibility index (Phi) is 4.12. The van der Waals surface area contributed by atoms with Crippen LogP contribution in [0.25, 0.3) is 0 Å². The maximum Gasteiger partial charge on any atom is 0.153 e. The molecule has 0 saturated heterocycles. The lowest BCUT2D eigenvalue weighted by molar-refractivity contribution is 0.554. The maximum atomic E-state index is 10.7. The molecule has 0 aliphatic rings. The fraction of sp³-hybridized carbons (Fsp3) is 0.400. The van der Waals surface area contributed by atoms with E-state index in [1.165, 1.54) is 0 Å². The first kappa shape index (κ1) is 10.4. The van der Waals surface area contributed by atoms with Gasteiger partial charge in [0, 0.05) is 0 Å². The van der Waals surface area contributed by atoms with Crippen LogP contribution in [-0.2, 0) is 11.1 Å². The SMILES string of the molecule is CCC(CS(=O)O)c1ccccc1. The summed E-state index contributed by atoms with van der Waals surface area (Å²) in [5.41, 5.74) is 1.15. The lowest BCUT2D eigenvalue weighted by Crippen LogP contribution is -2.07. The Bertz CT molecular complexity index is 272. The highest BCUT2D eigenvalue weighted by Crippen LogP contribution is 2.19. The van der Waals surface area contributed by atoms with Gasteiger partial charge in [0.1, 0.15) is 0 Å². The zero-order valence-corrected chi connectivity index (χ0v) is 8.46. The molecule has 3 heteroatoms. The van der Waals surface area contributed by atoms with Crippen molar-refractivity contribution in [1.29, 1.82) is 0 Å². The van der Waals surface area contributed by atoms with E-state index in [2.05, 4.69) is 0 Å². The molecule has 1 rings (SSSR count). The van der Waals surface area contributed by atoms with Crippen LogP contribution in [0.15, 0.2) is 30.3 Å². The predicted molar refractivity (Wildman–Crippen MR) is 55.1 cm³/mol. The number of rotatable bonds is 4. The molecule has 1 aromatic carbocycles. The predicted octanol–water partition coefficient (Wildman–Crippen LogP) is 2.40. The Morgan fingerprint density at radius 2 is 2.00 bits per heavy atom. The van der Waals surface area contributed by atoms with Crippen LogP contribution in [0, 0.1) is 0 Å². The Morgan fingerprint density at radius 1 is 1.38 bits per heavy atom. The van der Waals surface area contributed by atoms with Crippen molar-refractivity contribution in [2.75, 3.05) is 5.75 Å². The molecule has 0 aliphatic heterocycles. The first-order valence-corrected chi connectivity index (χ1v) is 5.64. The van der Waals surface area contributed by atoms with Gasteiger partial charge in [-0.2, -0.15) is 0 Å². The van der Waals surface area contributed by atoms with Gasteiger partial charge in [0.25, 0.3) is 0 Å². The monoisotopic (exact) mass is 198 g/mol. The van der Waals surface area contributed by atoms with E-state index in [1.54, 1.807) is 0 Å². The molecule has 0 aliphatic carbocycles. The summed E-state index contributed by atoms with van der Waals surface area (Å²) in [5, 5.41) is 0. The van der Waals surface area contributed by atoms with Crippen LogP contribution in [0.5, 0.6) is 0 Å². The summed E-state index contributed by atoms with van der Waals surface area (Å²) in [7, 11) is 0. The molecule has 1 aromatic rings. The van der Waals surface area contributed by atoms with Crippen LogP contribution < -0.4 is 0 Å². The number of hydrogen-bond donors (Lipinski definition) is 1. The Hall–Kier alpha value is -0.670. The minimum Gasteiger partial charge on any atom is -0.306 e. The quantitative estimate of drug-likeness (QED) is 0.754. The molecule has 0 heterocycles. The molecule has 72 valence electrons. The van der Waals surface area contributed by atoms with Crippen molar-refractivity contribution in [2.45, 2.75) is 19.3 Å². The third kappa shape index (κ3) is 3.28. The van der Waals surface area contributed by atoms with E-state index in [9.17, 15) is 4.21 Å². The van der Waals surface area contributed by atoms with Gasteiger partial charge in [-0.15, -0.1) is 0 Å². The van der Waals surface area contributed by atoms with Gasteiger partial charge in [-0.3, -0.25) is 0 Å². The summed E-state index contributed by atoms with van der Waals surface area (Å²) in [6.07, 6.45) is 0.899. The summed E-state index contributed by atoms with van der Waals surface area (Å²) in [4.78, 5) is 0. The van der Waals surface area contributed by atoms with Crippen molar-refractivity contribution in [3.8, 4) is 0 Å². The molecule has 1 N–H and O–H groups in total. The van der Waals surface area contributed by atoms with Gasteiger partial charge in [-0.1, -0.05) is 37.3 Å². The van der Waals surface area contributed by atoms with Gasteiger partial charge >= 0.3 is 0 Å². The molecule has 0 amide bonds. The molecule has 2 nitrogen and oxygen atoms in total. The highest BCUT2D eigenvalue weighted by molar-refractivity contribution is 7.79. The highest BCUT2D eigenvalue weighted by Gasteiger charge is 2.11. The Balaban J connectivity index is 2.73. The van der Waals surface area contributed by atoms with Gasteiger partial charge in [0.15, 0.2) is 11.1 Å². The fourth-order valence-electron chi connectivity index (χ4n) is 1.35. The summed E-state index contributed by atoms with van der Waals surface area (Å²) in [5.74, 6) is 0.535. The minimum atomic E-state index is -1.70. The van der Waals surface area contributed by atoms with E-state index in [4.69, 9.17) is 4.55 Å². The molecule has 0 aromatic heterocycles. The number of benzene rings is 1. The molecular formula is C10H14O2S. The van der Waals surface area contributed by atoms with Crippen LogP contribution in [-0.4, -0.2) is 14.5 Å². The Labute approximate surface area is 81.3 Å². The maximum absolute atomic E-state index is 10.7. The van der Waals surface area contributed by atoms with Crippen molar-refractivity contribution in [3.05, 3.63) is 35.9 Å². The van der Waals surface area contributed by atoms with Crippen LogP contribution in [0.2, 0.25) is 0 Å². The third-order valence-corrected chi connectivity index (χ3v) is 2.80. The molecule has 2 unspecified atom stereocenters. The molecule has 0 spiro atoms. The number of hydrogen-bond acceptors (Lipinski definition) is 1. The van der Waals surface area contributed by atoms with Crippen molar-refractivity contribution in [1.82, 2.24) is 0 Å². The van der Waals surface area contributed by atoms with Crippen LogP contribution in [0.1, 0.15) is 24.8 Å². The van der Waals surface area contributed by atoms with Crippen LogP contribution in [0.3, 0.4) is 0 Å². The summed E-state index contributed by atoms with van der Waals surface area (Å²) in [6, 6.07) is 9.87. The van der Waals surface area contributed by atoms with E-state index in [0.717, 1.165) is 12.0 Å². The molecule has 13 heavy (non-hydrogen) atoms. The first-order valence-electron chi connectivity index (χ1n) is 4.36. The largest absolute Gasteiger partial charge is 0.306 e. The fourth-order valence-corrected chi connectivity index (χ4v) is 2.12. The minimum absolute atomic E-state index is 0.201. The molecule has 0 saturated carbocycles. The average Bonchev–Trinajstić information content (AvgIpc) is 2.15. The van der Waals surface area contributed by atoms with E-state index in [-0.39, 0.29) is 5.92 Å². The van der Waals surface area contributed by atoms with E-state index >= 15 is 0 Å². The van der Waals surface area contributed by atoms with Gasteiger partial charge in [0.05, 0.1) is 5.75 Å². The van der Waals surface area contributed by atoms with E-state index in [0.29, 0.717) is 5.75 Å². The lowest BCUT2D eigenvalue weighted by Gasteiger charge is -2.12. The molecular weight excluding hydrogens is 184 g/mol. The van der Waals surface area contributed by atoms with Crippen LogP contribution in [0.4, 0.5) is 0 Å². The topological polar surface area (TPSA) is 37.3 Å². The second kappa shape index (κ2) is 5.14. The summed E-state index contributed by atoms with van der Waals surface area (Å²) >= 11 is -1.70. The zero-order valence-electron chi connectivity index (χ0n) is 7.64. The van der Waals surface area contributed by atoms with Gasteiger partial charge in [-0.05, 0) is 17.9 Å². The zero-order chi connectivity index (χ0) is 9.68. The van der Waals surface area contributed by atoms with Crippen molar-refractivity contribution in [2.24, 2.45) is 0 Å². The Morgan fingerprint density at radius 3 is 2.46 bits per heavy atom.